The molecular formula is C11H7BrF3N3O. The summed E-state index contributed by atoms with van der Waals surface area (Å²) in [6, 6.07) is 2.24. The van der Waals surface area contributed by atoms with Crippen molar-refractivity contribution in [1.29, 1.82) is 0 Å². The fourth-order valence-electron chi connectivity index (χ4n) is 2.01. The van der Waals surface area contributed by atoms with Gasteiger partial charge in [0.25, 0.3) is 0 Å². The van der Waals surface area contributed by atoms with Crippen molar-refractivity contribution in [2.24, 2.45) is 0 Å². The number of carbonyl (C=O) groups is 1. The van der Waals surface area contributed by atoms with E-state index in [9.17, 15) is 18.0 Å². The van der Waals surface area contributed by atoms with Crippen LogP contribution in [0.1, 0.15) is 24.4 Å². The number of hydrogen-bond donors (Lipinski definition) is 0. The number of nitrogens with zero attached hydrogens (tertiary/aromatic N) is 3. The van der Waals surface area contributed by atoms with Gasteiger partial charge in [-0.1, -0.05) is 15.9 Å². The van der Waals surface area contributed by atoms with Crippen LogP contribution in [0.15, 0.2) is 16.6 Å². The number of rotatable bonds is 1. The summed E-state index contributed by atoms with van der Waals surface area (Å²) in [6.07, 6.45) is -3.93. The zero-order valence-corrected chi connectivity index (χ0v) is 11.0. The van der Waals surface area contributed by atoms with Crippen LogP contribution >= 0.6 is 15.9 Å². The molecule has 19 heavy (non-hydrogen) atoms. The number of hydrogen-bond acceptors (Lipinski definition) is 3. The first-order valence-corrected chi connectivity index (χ1v) is 6.29. The summed E-state index contributed by atoms with van der Waals surface area (Å²) in [5.74, 6) is 0.0728. The molecule has 100 valence electrons. The zero-order valence-electron chi connectivity index (χ0n) is 9.41. The van der Waals surface area contributed by atoms with Crippen LogP contribution in [-0.2, 0) is 11.0 Å². The highest BCUT2D eigenvalue weighted by molar-refractivity contribution is 9.10. The van der Waals surface area contributed by atoms with Gasteiger partial charge in [0.2, 0.25) is 0 Å². The average molecular weight is 334 g/mol. The fraction of sp³-hybridized carbons (Fsp3) is 0.364. The number of ketones is 1. The second-order valence-corrected chi connectivity index (χ2v) is 5.36. The SMILES string of the molecule is O=C1CC(n2nc3cc(Br)cc(C(F)(F)F)c3n2)C1. The molecule has 1 heterocycles. The summed E-state index contributed by atoms with van der Waals surface area (Å²) < 4.78 is 39.0. The van der Waals surface area contributed by atoms with E-state index in [0.717, 1.165) is 6.07 Å². The lowest BCUT2D eigenvalue weighted by Gasteiger charge is -2.22. The number of alkyl halides is 3. The Kier molecular flexibility index (Phi) is 2.67. The zero-order chi connectivity index (χ0) is 13.8. The lowest BCUT2D eigenvalue weighted by molar-refractivity contribution is -0.136. The van der Waals surface area contributed by atoms with Crippen LogP contribution in [0.3, 0.4) is 0 Å². The Hall–Kier alpha value is -1.44. The van der Waals surface area contributed by atoms with Crippen LogP contribution < -0.4 is 0 Å². The van der Waals surface area contributed by atoms with Crippen molar-refractivity contribution >= 4 is 32.7 Å². The van der Waals surface area contributed by atoms with Crippen LogP contribution in [-0.4, -0.2) is 20.8 Å². The van der Waals surface area contributed by atoms with Gasteiger partial charge in [-0.3, -0.25) is 4.79 Å². The molecule has 0 spiro atoms. The summed E-state index contributed by atoms with van der Waals surface area (Å²) in [7, 11) is 0. The minimum Gasteiger partial charge on any atom is -0.300 e. The number of aromatic nitrogens is 3. The van der Waals surface area contributed by atoms with Gasteiger partial charge in [-0.2, -0.15) is 28.2 Å². The predicted octanol–water partition coefficient (Wildman–Crippen LogP) is 3.12. The molecular weight excluding hydrogens is 327 g/mol. The Morgan fingerprint density at radius 3 is 2.53 bits per heavy atom. The van der Waals surface area contributed by atoms with Gasteiger partial charge in [0.05, 0.1) is 11.6 Å². The van der Waals surface area contributed by atoms with Crippen LogP contribution in [0.5, 0.6) is 0 Å². The number of carbonyl (C=O) groups excluding carboxylic acids is 1. The molecule has 1 aliphatic carbocycles. The molecule has 0 unspecified atom stereocenters. The molecule has 0 atom stereocenters. The lowest BCUT2D eigenvalue weighted by Crippen LogP contribution is -2.28. The van der Waals surface area contributed by atoms with Crippen molar-refractivity contribution in [2.75, 3.05) is 0 Å². The fourth-order valence-corrected chi connectivity index (χ4v) is 2.46. The molecule has 4 nitrogen and oxygen atoms in total. The van der Waals surface area contributed by atoms with Crippen molar-refractivity contribution in [1.82, 2.24) is 15.0 Å². The quantitative estimate of drug-likeness (QED) is 0.805. The number of Topliss-reactive ketones (excluding diaryl/α,β-unsaturated/α-hetero) is 1. The number of halogens is 4. The summed E-state index contributed by atoms with van der Waals surface area (Å²) in [6.45, 7) is 0. The van der Waals surface area contributed by atoms with Gasteiger partial charge in [-0.25, -0.2) is 0 Å². The molecule has 0 saturated heterocycles. The molecule has 0 amide bonds. The Morgan fingerprint density at radius 2 is 1.95 bits per heavy atom. The van der Waals surface area contributed by atoms with E-state index in [4.69, 9.17) is 0 Å². The first-order valence-electron chi connectivity index (χ1n) is 5.49. The van der Waals surface area contributed by atoms with Crippen LogP contribution in [0.2, 0.25) is 0 Å². The second kappa shape index (κ2) is 4.03. The van der Waals surface area contributed by atoms with Crippen LogP contribution in [0.4, 0.5) is 13.2 Å². The van der Waals surface area contributed by atoms with Gasteiger partial charge in [0, 0.05) is 17.3 Å². The second-order valence-electron chi connectivity index (χ2n) is 4.44. The van der Waals surface area contributed by atoms with Crippen LogP contribution in [0.25, 0.3) is 11.0 Å². The Bertz CT molecular complexity index is 672. The molecule has 1 saturated carbocycles. The molecule has 0 bridgehead atoms. The van der Waals surface area contributed by atoms with E-state index in [1.165, 1.54) is 10.9 Å². The Morgan fingerprint density at radius 1 is 1.26 bits per heavy atom. The van der Waals surface area contributed by atoms with Crippen molar-refractivity contribution in [2.45, 2.75) is 25.1 Å². The van der Waals surface area contributed by atoms with E-state index in [0.29, 0.717) is 4.47 Å². The van der Waals surface area contributed by atoms with Crippen molar-refractivity contribution in [3.63, 3.8) is 0 Å². The standard InChI is InChI=1S/C11H7BrF3N3O/c12-5-1-8(11(13,14)15)10-9(2-5)16-18(17-10)6-3-7(19)4-6/h1-2,6H,3-4H2. The minimum absolute atomic E-state index is 0.0728. The first-order chi connectivity index (χ1) is 8.84. The smallest absolute Gasteiger partial charge is 0.300 e. The van der Waals surface area contributed by atoms with E-state index >= 15 is 0 Å². The Balaban J connectivity index is 2.14. The molecule has 1 aliphatic rings. The summed E-state index contributed by atoms with van der Waals surface area (Å²) in [5.41, 5.74) is -0.843. The molecule has 0 N–H and O–H groups in total. The minimum atomic E-state index is -4.49. The molecule has 1 fully saturated rings. The molecule has 0 radical (unpaired) electrons. The third-order valence-electron chi connectivity index (χ3n) is 3.03. The summed E-state index contributed by atoms with van der Waals surface area (Å²) >= 11 is 3.03. The third-order valence-corrected chi connectivity index (χ3v) is 3.48. The van der Waals surface area contributed by atoms with Gasteiger partial charge in [0.1, 0.15) is 16.8 Å². The molecule has 2 aromatic rings. The topological polar surface area (TPSA) is 47.8 Å². The summed E-state index contributed by atoms with van der Waals surface area (Å²) in [5, 5.41) is 7.92. The van der Waals surface area contributed by atoms with E-state index in [1.54, 1.807) is 0 Å². The Labute approximate surface area is 113 Å². The van der Waals surface area contributed by atoms with Crippen molar-refractivity contribution in [3.8, 4) is 0 Å². The number of benzene rings is 1. The molecule has 8 heteroatoms. The monoisotopic (exact) mass is 333 g/mol. The van der Waals surface area contributed by atoms with Gasteiger partial charge in [0.15, 0.2) is 0 Å². The van der Waals surface area contributed by atoms with Gasteiger partial charge in [-0.15, -0.1) is 0 Å². The maximum absolute atomic E-state index is 12.9. The van der Waals surface area contributed by atoms with E-state index in [1.807, 2.05) is 0 Å². The van der Waals surface area contributed by atoms with Crippen molar-refractivity contribution in [3.05, 3.63) is 22.2 Å². The molecule has 0 aliphatic heterocycles. The molecule has 1 aromatic carbocycles. The maximum atomic E-state index is 12.9. The van der Waals surface area contributed by atoms with E-state index in [2.05, 4.69) is 26.1 Å². The van der Waals surface area contributed by atoms with Gasteiger partial charge in [-0.05, 0) is 12.1 Å². The van der Waals surface area contributed by atoms with Gasteiger partial charge < -0.3 is 0 Å². The summed E-state index contributed by atoms with van der Waals surface area (Å²) in [4.78, 5) is 12.1. The highest BCUT2D eigenvalue weighted by Crippen LogP contribution is 2.36. The lowest BCUT2D eigenvalue weighted by atomic mass is 9.92. The maximum Gasteiger partial charge on any atom is 0.418 e. The normalized spacial score (nSPS) is 16.9. The van der Waals surface area contributed by atoms with E-state index < -0.39 is 11.7 Å². The molecule has 3 rings (SSSR count). The first kappa shape index (κ1) is 12.6. The highest BCUT2D eigenvalue weighted by Gasteiger charge is 2.36. The van der Waals surface area contributed by atoms with Crippen LogP contribution in [0, 0.1) is 0 Å². The number of fused-ring (bicyclic) bond motifs is 1. The third kappa shape index (κ3) is 2.13. The van der Waals surface area contributed by atoms with E-state index in [-0.39, 0.29) is 35.7 Å². The predicted molar refractivity (Wildman–Crippen MR) is 63.5 cm³/mol. The van der Waals surface area contributed by atoms with Gasteiger partial charge >= 0.3 is 6.18 Å². The largest absolute Gasteiger partial charge is 0.418 e. The highest BCUT2D eigenvalue weighted by atomic mass is 79.9. The molecule has 1 aromatic heterocycles. The van der Waals surface area contributed by atoms with Crippen molar-refractivity contribution < 1.29 is 18.0 Å². The average Bonchev–Trinajstić information content (AvgIpc) is 2.65.